The summed E-state index contributed by atoms with van der Waals surface area (Å²) in [6, 6.07) is 0. The molecule has 0 unspecified atom stereocenters. The topological polar surface area (TPSA) is 92.0 Å². The van der Waals surface area contributed by atoms with Gasteiger partial charge >= 0.3 is 5.95 Å². The van der Waals surface area contributed by atoms with Gasteiger partial charge in [-0.2, -0.15) is 0 Å². The predicted molar refractivity (Wildman–Crippen MR) is 45.2 cm³/mol. The van der Waals surface area contributed by atoms with Crippen LogP contribution in [0.15, 0.2) is 18.3 Å². The number of rotatable bonds is 4. The molecule has 0 aromatic carbocycles. The van der Waals surface area contributed by atoms with Crippen LogP contribution in [-0.2, 0) is 6.42 Å². The highest BCUT2D eigenvalue weighted by molar-refractivity contribution is 5.16. The second-order valence-corrected chi connectivity index (χ2v) is 2.56. The molecule has 1 aromatic rings. The third-order valence-electron chi connectivity index (χ3n) is 1.45. The van der Waals surface area contributed by atoms with Gasteiger partial charge in [0.2, 0.25) is 0 Å². The number of hydrogen-bond acceptors (Lipinski definition) is 4. The maximum absolute atomic E-state index is 10.2. The highest BCUT2D eigenvalue weighted by Crippen LogP contribution is 2.08. The van der Waals surface area contributed by atoms with Crippen molar-refractivity contribution in [2.24, 2.45) is 0 Å². The minimum Gasteiger partial charge on any atom is -0.392 e. The number of nitro groups is 1. The van der Waals surface area contributed by atoms with Gasteiger partial charge in [0.25, 0.3) is 0 Å². The molecular formula is C7H9N3O3. The van der Waals surface area contributed by atoms with Crippen molar-refractivity contribution in [3.05, 3.63) is 34.2 Å². The average molecular weight is 183 g/mol. The lowest BCUT2D eigenvalue weighted by molar-refractivity contribution is -0.393. The van der Waals surface area contributed by atoms with Gasteiger partial charge in [0.15, 0.2) is 5.69 Å². The van der Waals surface area contributed by atoms with Crippen molar-refractivity contribution in [3.63, 3.8) is 0 Å². The summed E-state index contributed by atoms with van der Waals surface area (Å²) in [4.78, 5) is 15.7. The van der Waals surface area contributed by atoms with Gasteiger partial charge in [0, 0.05) is 6.42 Å². The Kier molecular flexibility index (Phi) is 2.76. The summed E-state index contributed by atoms with van der Waals surface area (Å²) >= 11 is 0. The molecule has 0 atom stereocenters. The Morgan fingerprint density at radius 2 is 2.54 bits per heavy atom. The van der Waals surface area contributed by atoms with Crippen LogP contribution in [-0.4, -0.2) is 26.6 Å². The fourth-order valence-electron chi connectivity index (χ4n) is 0.845. The van der Waals surface area contributed by atoms with Crippen molar-refractivity contribution < 1.29 is 10.0 Å². The van der Waals surface area contributed by atoms with Crippen LogP contribution in [0.3, 0.4) is 0 Å². The van der Waals surface area contributed by atoms with Crippen molar-refractivity contribution in [3.8, 4) is 0 Å². The predicted octanol–water partition coefficient (Wildman–Crippen LogP) is 0.409. The summed E-state index contributed by atoms with van der Waals surface area (Å²) in [7, 11) is 0. The van der Waals surface area contributed by atoms with Gasteiger partial charge in [-0.3, -0.25) is 0 Å². The SMILES string of the molecule is C=C(CO)Cc1c[nH]c([N+](=O)[O-])n1. The number of nitrogens with one attached hydrogen (secondary N) is 1. The van der Waals surface area contributed by atoms with Crippen LogP contribution in [0.4, 0.5) is 5.95 Å². The van der Waals surface area contributed by atoms with E-state index in [0.29, 0.717) is 17.7 Å². The number of H-pyrrole nitrogens is 1. The van der Waals surface area contributed by atoms with Gasteiger partial charge in [-0.15, -0.1) is 0 Å². The molecule has 0 fully saturated rings. The Morgan fingerprint density at radius 3 is 3.00 bits per heavy atom. The van der Waals surface area contributed by atoms with E-state index in [1.807, 2.05) is 0 Å². The molecule has 0 bridgehead atoms. The van der Waals surface area contributed by atoms with E-state index in [9.17, 15) is 10.1 Å². The fourth-order valence-corrected chi connectivity index (χ4v) is 0.845. The number of nitrogens with zero attached hydrogens (tertiary/aromatic N) is 2. The molecule has 70 valence electrons. The van der Waals surface area contributed by atoms with Gasteiger partial charge in [-0.25, -0.2) is 4.98 Å². The number of aliphatic hydroxyl groups is 1. The summed E-state index contributed by atoms with van der Waals surface area (Å²) < 4.78 is 0. The van der Waals surface area contributed by atoms with Gasteiger partial charge in [0.05, 0.1) is 6.61 Å². The lowest BCUT2D eigenvalue weighted by Crippen LogP contribution is -1.95. The number of aromatic nitrogens is 2. The molecule has 0 aliphatic carbocycles. The van der Waals surface area contributed by atoms with E-state index in [0.717, 1.165) is 0 Å². The van der Waals surface area contributed by atoms with Gasteiger partial charge in [-0.1, -0.05) is 11.6 Å². The largest absolute Gasteiger partial charge is 0.432 e. The van der Waals surface area contributed by atoms with Gasteiger partial charge in [0.1, 0.15) is 6.20 Å². The van der Waals surface area contributed by atoms with E-state index in [1.165, 1.54) is 6.20 Å². The van der Waals surface area contributed by atoms with E-state index in [2.05, 4.69) is 16.5 Å². The molecule has 0 spiro atoms. The molecule has 0 radical (unpaired) electrons. The summed E-state index contributed by atoms with van der Waals surface area (Å²) in [5.74, 6) is -0.291. The quantitative estimate of drug-likeness (QED) is 0.401. The maximum Gasteiger partial charge on any atom is 0.432 e. The second kappa shape index (κ2) is 3.81. The molecule has 1 heterocycles. The van der Waals surface area contributed by atoms with E-state index in [1.54, 1.807) is 0 Å². The first-order valence-corrected chi connectivity index (χ1v) is 3.59. The molecule has 6 heteroatoms. The van der Waals surface area contributed by atoms with Crippen molar-refractivity contribution in [2.45, 2.75) is 6.42 Å². The zero-order valence-electron chi connectivity index (χ0n) is 6.86. The molecule has 1 aromatic heterocycles. The summed E-state index contributed by atoms with van der Waals surface area (Å²) in [6.45, 7) is 3.41. The third-order valence-corrected chi connectivity index (χ3v) is 1.45. The maximum atomic E-state index is 10.2. The van der Waals surface area contributed by atoms with Crippen LogP contribution >= 0.6 is 0 Å². The highest BCUT2D eigenvalue weighted by atomic mass is 16.6. The van der Waals surface area contributed by atoms with Crippen molar-refractivity contribution >= 4 is 5.95 Å². The molecule has 0 amide bonds. The molecule has 0 saturated heterocycles. The Bertz CT molecular complexity index is 331. The first-order chi connectivity index (χ1) is 6.13. The molecular weight excluding hydrogens is 174 g/mol. The van der Waals surface area contributed by atoms with Crippen LogP contribution in [0.2, 0.25) is 0 Å². The highest BCUT2D eigenvalue weighted by Gasteiger charge is 2.11. The number of aromatic amines is 1. The Balaban J connectivity index is 2.69. The standard InChI is InChI=1S/C7H9N3O3/c1-5(4-11)2-6-3-8-7(9-6)10(12)13/h3,11H,1-2,4H2,(H,8,9). The van der Waals surface area contributed by atoms with E-state index >= 15 is 0 Å². The molecule has 0 aliphatic heterocycles. The summed E-state index contributed by atoms with van der Waals surface area (Å²) in [5.41, 5.74) is 1.08. The molecule has 0 saturated carbocycles. The number of aliphatic hydroxyl groups excluding tert-OH is 1. The van der Waals surface area contributed by atoms with Crippen LogP contribution in [0.1, 0.15) is 5.69 Å². The second-order valence-electron chi connectivity index (χ2n) is 2.56. The zero-order chi connectivity index (χ0) is 9.84. The summed E-state index contributed by atoms with van der Waals surface area (Å²) in [5, 5.41) is 18.9. The van der Waals surface area contributed by atoms with Gasteiger partial charge in [-0.05, 0) is 10.5 Å². The molecule has 13 heavy (non-hydrogen) atoms. The molecule has 6 nitrogen and oxygen atoms in total. The van der Waals surface area contributed by atoms with Gasteiger partial charge < -0.3 is 15.2 Å². The lowest BCUT2D eigenvalue weighted by atomic mass is 10.2. The average Bonchev–Trinajstić information content (AvgIpc) is 2.52. The van der Waals surface area contributed by atoms with Crippen LogP contribution in [0, 0.1) is 10.1 Å². The van der Waals surface area contributed by atoms with E-state index in [4.69, 9.17) is 5.11 Å². The lowest BCUT2D eigenvalue weighted by Gasteiger charge is -1.93. The van der Waals surface area contributed by atoms with Crippen LogP contribution in [0.25, 0.3) is 0 Å². The van der Waals surface area contributed by atoms with Crippen LogP contribution in [0.5, 0.6) is 0 Å². The molecule has 1 rings (SSSR count). The smallest absolute Gasteiger partial charge is 0.392 e. The monoisotopic (exact) mass is 183 g/mol. The number of imidazole rings is 1. The zero-order valence-corrected chi connectivity index (χ0v) is 6.86. The Hall–Kier alpha value is -1.69. The fraction of sp³-hybridized carbons (Fsp3) is 0.286. The van der Waals surface area contributed by atoms with Crippen molar-refractivity contribution in [1.82, 2.24) is 9.97 Å². The minimum absolute atomic E-state index is 0.138. The molecule has 0 aliphatic rings. The Morgan fingerprint density at radius 1 is 1.85 bits per heavy atom. The summed E-state index contributed by atoms with van der Waals surface area (Å²) in [6.07, 6.45) is 1.78. The minimum atomic E-state index is -0.606. The van der Waals surface area contributed by atoms with E-state index < -0.39 is 4.92 Å². The van der Waals surface area contributed by atoms with Crippen LogP contribution < -0.4 is 0 Å². The molecule has 2 N–H and O–H groups in total. The first kappa shape index (κ1) is 9.40. The normalized spacial score (nSPS) is 9.92. The van der Waals surface area contributed by atoms with E-state index in [-0.39, 0.29) is 12.6 Å². The van der Waals surface area contributed by atoms with Crippen molar-refractivity contribution in [2.75, 3.05) is 6.61 Å². The van der Waals surface area contributed by atoms with Crippen molar-refractivity contribution in [1.29, 1.82) is 0 Å². The number of hydrogen-bond donors (Lipinski definition) is 2. The first-order valence-electron chi connectivity index (χ1n) is 3.59. The Labute approximate surface area is 74.1 Å². The third kappa shape index (κ3) is 2.38.